The maximum atomic E-state index is 13.1. The van der Waals surface area contributed by atoms with Gasteiger partial charge in [0.1, 0.15) is 17.7 Å². The lowest BCUT2D eigenvalue weighted by atomic mass is 9.98. The summed E-state index contributed by atoms with van der Waals surface area (Å²) in [5, 5.41) is 36.3. The molecule has 1 aromatic rings. The van der Waals surface area contributed by atoms with Crippen LogP contribution in [0.3, 0.4) is 0 Å². The third kappa shape index (κ3) is 16.8. The van der Waals surface area contributed by atoms with Crippen molar-refractivity contribution in [3.63, 3.8) is 0 Å². The van der Waals surface area contributed by atoms with Crippen molar-refractivity contribution in [2.75, 3.05) is 6.61 Å². The van der Waals surface area contributed by atoms with Gasteiger partial charge in [0, 0.05) is 6.42 Å². The van der Waals surface area contributed by atoms with E-state index in [-0.39, 0.29) is 6.42 Å². The third-order valence-electron chi connectivity index (χ3n) is 6.97. The Hall–Kier alpha value is -2.16. The second kappa shape index (κ2) is 20.7. The monoisotopic (exact) mass is 564 g/mol. The Morgan fingerprint density at radius 2 is 1.35 bits per heavy atom. The number of hydrogen-bond donors (Lipinski definition) is 5. The number of ether oxygens (including phenoxy) is 1. The Labute approximate surface area is 242 Å². The Morgan fingerprint density at radius 1 is 0.825 bits per heavy atom. The predicted octanol–water partition coefficient (Wildman–Crippen LogP) is 5.41. The molecule has 1 rings (SSSR count). The molecular weight excluding hydrogens is 508 g/mol. The van der Waals surface area contributed by atoms with Gasteiger partial charge in [-0.05, 0) is 32.8 Å². The van der Waals surface area contributed by atoms with E-state index in [1.165, 1.54) is 57.8 Å². The number of rotatable bonds is 21. The molecule has 40 heavy (non-hydrogen) atoms. The fourth-order valence-corrected chi connectivity index (χ4v) is 4.66. The molecule has 2 amide bonds. The number of aliphatic hydroxyl groups is 3. The smallest absolute Gasteiger partial charge is 0.408 e. The molecule has 0 aliphatic rings. The topological polar surface area (TPSA) is 128 Å². The van der Waals surface area contributed by atoms with E-state index >= 15 is 0 Å². The summed E-state index contributed by atoms with van der Waals surface area (Å²) in [5.41, 5.74) is 0.0893. The van der Waals surface area contributed by atoms with Gasteiger partial charge in [0.25, 0.3) is 0 Å². The van der Waals surface area contributed by atoms with Gasteiger partial charge >= 0.3 is 6.09 Å². The molecular formula is C32H56N2O6. The maximum Gasteiger partial charge on any atom is 0.408 e. The average molecular weight is 565 g/mol. The van der Waals surface area contributed by atoms with Crippen molar-refractivity contribution in [3.05, 3.63) is 35.9 Å². The summed E-state index contributed by atoms with van der Waals surface area (Å²) in [4.78, 5) is 25.5. The molecule has 0 bridgehead atoms. The molecule has 0 aliphatic heterocycles. The molecule has 0 saturated carbocycles. The molecule has 0 radical (unpaired) electrons. The third-order valence-corrected chi connectivity index (χ3v) is 6.97. The summed E-state index contributed by atoms with van der Waals surface area (Å²) in [5.74, 6) is -0.578. The lowest BCUT2D eigenvalue weighted by Gasteiger charge is -2.29. The van der Waals surface area contributed by atoms with Crippen molar-refractivity contribution in [2.45, 2.75) is 147 Å². The number of aliphatic hydroxyl groups excluding tert-OH is 3. The number of alkyl carbamates (subject to hydrolysis) is 1. The van der Waals surface area contributed by atoms with Crippen molar-refractivity contribution in [1.82, 2.24) is 10.6 Å². The summed E-state index contributed by atoms with van der Waals surface area (Å²) < 4.78 is 5.31. The first kappa shape index (κ1) is 35.9. The second-order valence-electron chi connectivity index (χ2n) is 11.9. The van der Waals surface area contributed by atoms with Gasteiger partial charge in [-0.25, -0.2) is 4.79 Å². The molecule has 0 fully saturated rings. The molecule has 0 saturated heterocycles. The van der Waals surface area contributed by atoms with Crippen LogP contribution in [0.5, 0.6) is 0 Å². The van der Waals surface area contributed by atoms with Gasteiger partial charge in [-0.1, -0.05) is 114 Å². The van der Waals surface area contributed by atoms with Crippen LogP contribution in [-0.4, -0.2) is 63.8 Å². The van der Waals surface area contributed by atoms with Crippen LogP contribution in [0.2, 0.25) is 0 Å². The predicted molar refractivity (Wildman–Crippen MR) is 160 cm³/mol. The molecule has 4 atom stereocenters. The van der Waals surface area contributed by atoms with Crippen molar-refractivity contribution in [3.8, 4) is 0 Å². The quantitative estimate of drug-likeness (QED) is 0.127. The number of amides is 2. The van der Waals surface area contributed by atoms with Crippen molar-refractivity contribution >= 4 is 12.0 Å². The summed E-state index contributed by atoms with van der Waals surface area (Å²) in [7, 11) is 0. The van der Waals surface area contributed by atoms with Crippen LogP contribution < -0.4 is 10.6 Å². The van der Waals surface area contributed by atoms with Crippen LogP contribution in [0.4, 0.5) is 4.79 Å². The van der Waals surface area contributed by atoms with Gasteiger partial charge in [-0.15, -0.1) is 0 Å². The van der Waals surface area contributed by atoms with Crippen molar-refractivity contribution < 1.29 is 29.6 Å². The van der Waals surface area contributed by atoms with Gasteiger partial charge < -0.3 is 30.7 Å². The molecule has 8 nitrogen and oxygen atoms in total. The van der Waals surface area contributed by atoms with E-state index in [0.29, 0.717) is 6.42 Å². The van der Waals surface area contributed by atoms with Gasteiger partial charge in [-0.2, -0.15) is 0 Å². The van der Waals surface area contributed by atoms with Crippen molar-refractivity contribution in [1.29, 1.82) is 0 Å². The molecule has 8 heteroatoms. The zero-order chi connectivity index (χ0) is 29.8. The highest BCUT2D eigenvalue weighted by Crippen LogP contribution is 2.15. The highest BCUT2D eigenvalue weighted by molar-refractivity contribution is 5.86. The van der Waals surface area contributed by atoms with Gasteiger partial charge in [0.05, 0.1) is 18.8 Å². The van der Waals surface area contributed by atoms with Crippen LogP contribution >= 0.6 is 0 Å². The summed E-state index contributed by atoms with van der Waals surface area (Å²) in [6.45, 7) is 6.88. The van der Waals surface area contributed by atoms with Crippen LogP contribution in [0, 0.1) is 0 Å². The Kier molecular flexibility index (Phi) is 18.5. The summed E-state index contributed by atoms with van der Waals surface area (Å²) >= 11 is 0. The zero-order valence-corrected chi connectivity index (χ0v) is 25.4. The first-order valence-corrected chi connectivity index (χ1v) is 15.4. The number of nitrogens with one attached hydrogen (secondary N) is 2. The summed E-state index contributed by atoms with van der Waals surface area (Å²) in [6, 6.07) is 7.15. The first-order chi connectivity index (χ1) is 19.1. The fraction of sp³-hybridized carbons (Fsp3) is 0.750. The highest BCUT2D eigenvalue weighted by Gasteiger charge is 2.31. The van der Waals surface area contributed by atoms with Gasteiger partial charge in [0.2, 0.25) is 5.91 Å². The van der Waals surface area contributed by atoms with Crippen molar-refractivity contribution in [2.24, 2.45) is 0 Å². The van der Waals surface area contributed by atoms with E-state index in [9.17, 15) is 24.9 Å². The van der Waals surface area contributed by atoms with E-state index in [0.717, 1.165) is 24.8 Å². The fourth-order valence-electron chi connectivity index (χ4n) is 4.66. The van der Waals surface area contributed by atoms with E-state index in [1.54, 1.807) is 20.8 Å². The highest BCUT2D eigenvalue weighted by atomic mass is 16.6. The minimum absolute atomic E-state index is 0.196. The first-order valence-electron chi connectivity index (χ1n) is 15.4. The number of benzene rings is 1. The molecule has 5 N–H and O–H groups in total. The molecule has 0 aromatic heterocycles. The van der Waals surface area contributed by atoms with Crippen LogP contribution in [0.25, 0.3) is 0 Å². The largest absolute Gasteiger partial charge is 0.444 e. The van der Waals surface area contributed by atoms with E-state index in [2.05, 4.69) is 17.6 Å². The summed E-state index contributed by atoms with van der Waals surface area (Å²) in [6.07, 6.45) is 11.9. The Morgan fingerprint density at radius 3 is 1.85 bits per heavy atom. The maximum absolute atomic E-state index is 13.1. The standard InChI is InChI=1S/C32H56N2O6/c1-5-6-7-8-9-10-11-12-13-14-15-19-22-28(36)29(37)27(24-35)33-30(38)26(23-25-20-17-16-18-21-25)34-31(39)40-32(2,3)4/h16-18,20-21,26-29,35-37H,5-15,19,22-24H2,1-4H3,(H,33,38)(H,34,39)/t26-,27-,28-,29-/m0/s1. The van der Waals surface area contributed by atoms with Crippen LogP contribution in [-0.2, 0) is 16.0 Å². The number of hydrogen-bond acceptors (Lipinski definition) is 6. The number of carbonyl (C=O) groups is 2. The molecule has 230 valence electrons. The average Bonchev–Trinajstić information content (AvgIpc) is 2.90. The number of carbonyl (C=O) groups excluding carboxylic acids is 2. The van der Waals surface area contributed by atoms with E-state index < -0.39 is 48.5 Å². The molecule has 0 unspecified atom stereocenters. The minimum atomic E-state index is -1.33. The molecule has 0 heterocycles. The normalized spacial score (nSPS) is 14.7. The minimum Gasteiger partial charge on any atom is -0.444 e. The Bertz CT molecular complexity index is 798. The van der Waals surface area contributed by atoms with Gasteiger partial charge in [0.15, 0.2) is 0 Å². The lowest BCUT2D eigenvalue weighted by molar-refractivity contribution is -0.126. The van der Waals surface area contributed by atoms with Crippen LogP contribution in [0.1, 0.15) is 117 Å². The van der Waals surface area contributed by atoms with Gasteiger partial charge in [-0.3, -0.25) is 4.79 Å². The lowest BCUT2D eigenvalue weighted by Crippen LogP contribution is -2.56. The second-order valence-corrected chi connectivity index (χ2v) is 11.9. The van der Waals surface area contributed by atoms with E-state index in [4.69, 9.17) is 4.74 Å². The van der Waals surface area contributed by atoms with Crippen LogP contribution in [0.15, 0.2) is 30.3 Å². The van der Waals surface area contributed by atoms with E-state index in [1.807, 2.05) is 30.3 Å². The SMILES string of the molecule is CCCCCCCCCCCCCC[C@H](O)[C@@H](O)[C@H](CO)NC(=O)[C@H](Cc1ccccc1)NC(=O)OC(C)(C)C. The number of unbranched alkanes of at least 4 members (excludes halogenated alkanes) is 11. The molecule has 0 aliphatic carbocycles. The molecule has 1 aromatic carbocycles. The Balaban J connectivity index is 2.49. The zero-order valence-electron chi connectivity index (χ0n) is 25.4. The molecule has 0 spiro atoms.